The van der Waals surface area contributed by atoms with E-state index >= 15 is 0 Å². The van der Waals surface area contributed by atoms with Crippen LogP contribution in [0.15, 0.2) is 84.9 Å². The number of benzene rings is 3. The fourth-order valence-electron chi connectivity index (χ4n) is 2.22. The minimum Gasteiger partial charge on any atom is -0.399 e. The van der Waals surface area contributed by atoms with Gasteiger partial charge in [0.25, 0.3) is 0 Å². The summed E-state index contributed by atoms with van der Waals surface area (Å²) in [6, 6.07) is 28.5. The van der Waals surface area contributed by atoms with Crippen LogP contribution in [0.5, 0.6) is 0 Å². The Morgan fingerprint density at radius 3 is 1.33 bits per heavy atom. The molecule has 0 radical (unpaired) electrons. The highest BCUT2D eigenvalue weighted by atomic mass is 35.5. The van der Waals surface area contributed by atoms with Crippen LogP contribution in [0, 0.1) is 0 Å². The quantitative estimate of drug-likeness (QED) is 0.676. The lowest BCUT2D eigenvalue weighted by molar-refractivity contribution is 1.28. The molecule has 3 aromatic rings. The van der Waals surface area contributed by atoms with Gasteiger partial charge in [-0.25, -0.2) is 0 Å². The first-order chi connectivity index (χ1) is 9.84. The number of hydrogen-bond donors (Lipinski definition) is 1. The van der Waals surface area contributed by atoms with Gasteiger partial charge in [0.05, 0.1) is 0 Å². The van der Waals surface area contributed by atoms with Gasteiger partial charge in [0.2, 0.25) is 0 Å². The van der Waals surface area contributed by atoms with Crippen molar-refractivity contribution in [2.75, 3.05) is 10.6 Å². The number of anilines is 4. The van der Waals surface area contributed by atoms with Crippen LogP contribution in [0.4, 0.5) is 22.7 Å². The normalized spacial score (nSPS) is 9.71. The van der Waals surface area contributed by atoms with E-state index in [-0.39, 0.29) is 12.4 Å². The average Bonchev–Trinajstić information content (AvgIpc) is 2.52. The summed E-state index contributed by atoms with van der Waals surface area (Å²) in [5.74, 6) is 0. The van der Waals surface area contributed by atoms with Crippen LogP contribution >= 0.6 is 12.4 Å². The topological polar surface area (TPSA) is 29.3 Å². The molecule has 21 heavy (non-hydrogen) atoms. The van der Waals surface area contributed by atoms with Gasteiger partial charge >= 0.3 is 0 Å². The first-order valence-electron chi connectivity index (χ1n) is 6.60. The van der Waals surface area contributed by atoms with Crippen molar-refractivity contribution in [2.45, 2.75) is 0 Å². The zero-order chi connectivity index (χ0) is 13.8. The molecular weight excluding hydrogens is 280 g/mol. The zero-order valence-electron chi connectivity index (χ0n) is 11.5. The lowest BCUT2D eigenvalue weighted by Crippen LogP contribution is -2.09. The highest BCUT2D eigenvalue weighted by molar-refractivity contribution is 5.85. The molecule has 3 heteroatoms. The molecule has 0 heterocycles. The first-order valence-corrected chi connectivity index (χ1v) is 6.60. The number of nitrogens with two attached hydrogens (primary N) is 1. The molecule has 0 aromatic heterocycles. The van der Waals surface area contributed by atoms with Gasteiger partial charge in [-0.05, 0) is 48.5 Å². The summed E-state index contributed by atoms with van der Waals surface area (Å²) < 4.78 is 0. The number of nitrogen functional groups attached to an aromatic ring is 1. The monoisotopic (exact) mass is 296 g/mol. The number of halogens is 1. The predicted octanol–water partition coefficient (Wildman–Crippen LogP) is 5.16. The Bertz CT molecular complexity index is 627. The Morgan fingerprint density at radius 2 is 0.905 bits per heavy atom. The molecule has 0 fully saturated rings. The van der Waals surface area contributed by atoms with Crippen LogP contribution in [0.2, 0.25) is 0 Å². The molecule has 0 saturated carbocycles. The second-order valence-corrected chi connectivity index (χ2v) is 4.60. The summed E-state index contributed by atoms with van der Waals surface area (Å²) >= 11 is 0. The van der Waals surface area contributed by atoms with Gasteiger partial charge in [-0.15, -0.1) is 12.4 Å². The Labute approximate surface area is 131 Å². The second kappa shape index (κ2) is 6.82. The summed E-state index contributed by atoms with van der Waals surface area (Å²) in [6.07, 6.45) is 0. The molecule has 0 aliphatic heterocycles. The van der Waals surface area contributed by atoms with E-state index in [0.29, 0.717) is 0 Å². The van der Waals surface area contributed by atoms with Gasteiger partial charge in [0, 0.05) is 22.7 Å². The summed E-state index contributed by atoms with van der Waals surface area (Å²) in [6.45, 7) is 0. The van der Waals surface area contributed by atoms with Crippen LogP contribution in [0.25, 0.3) is 0 Å². The Hall–Kier alpha value is -2.45. The molecule has 0 amide bonds. The van der Waals surface area contributed by atoms with Crippen molar-refractivity contribution in [3.05, 3.63) is 84.9 Å². The smallest absolute Gasteiger partial charge is 0.0463 e. The van der Waals surface area contributed by atoms with Crippen molar-refractivity contribution < 1.29 is 0 Å². The molecule has 3 rings (SSSR count). The number of para-hydroxylation sites is 2. The van der Waals surface area contributed by atoms with E-state index in [4.69, 9.17) is 5.73 Å². The Balaban J connectivity index is 0.00000161. The molecule has 3 aromatic carbocycles. The van der Waals surface area contributed by atoms with E-state index < -0.39 is 0 Å². The van der Waals surface area contributed by atoms with E-state index in [1.807, 2.05) is 60.7 Å². The standard InChI is InChI=1S/C18H16N2.ClH/c19-15-11-13-18(14-12-15)20(16-7-3-1-4-8-16)17-9-5-2-6-10-17;/h1-14H,19H2;1H. The lowest BCUT2D eigenvalue weighted by atomic mass is 10.2. The average molecular weight is 297 g/mol. The predicted molar refractivity (Wildman–Crippen MR) is 92.8 cm³/mol. The van der Waals surface area contributed by atoms with Gasteiger partial charge in [-0.1, -0.05) is 36.4 Å². The maximum atomic E-state index is 5.79. The molecule has 0 spiro atoms. The Morgan fingerprint density at radius 1 is 0.524 bits per heavy atom. The van der Waals surface area contributed by atoms with Crippen LogP contribution in [-0.4, -0.2) is 0 Å². The van der Waals surface area contributed by atoms with Crippen LogP contribution < -0.4 is 10.6 Å². The summed E-state index contributed by atoms with van der Waals surface area (Å²) in [4.78, 5) is 2.21. The van der Waals surface area contributed by atoms with Crippen LogP contribution in [-0.2, 0) is 0 Å². The Kier molecular flexibility index (Phi) is 4.85. The van der Waals surface area contributed by atoms with Gasteiger partial charge in [0.15, 0.2) is 0 Å². The molecule has 0 unspecified atom stereocenters. The van der Waals surface area contributed by atoms with E-state index in [2.05, 4.69) is 29.2 Å². The summed E-state index contributed by atoms with van der Waals surface area (Å²) in [5, 5.41) is 0. The van der Waals surface area contributed by atoms with Crippen molar-refractivity contribution in [3.8, 4) is 0 Å². The van der Waals surface area contributed by atoms with Crippen LogP contribution in [0.3, 0.4) is 0 Å². The van der Waals surface area contributed by atoms with Crippen molar-refractivity contribution >= 4 is 35.2 Å². The molecule has 2 nitrogen and oxygen atoms in total. The molecule has 0 saturated heterocycles. The first kappa shape index (κ1) is 14.9. The summed E-state index contributed by atoms with van der Waals surface area (Å²) in [7, 11) is 0. The van der Waals surface area contributed by atoms with Crippen molar-refractivity contribution in [3.63, 3.8) is 0 Å². The van der Waals surface area contributed by atoms with Crippen molar-refractivity contribution in [2.24, 2.45) is 0 Å². The van der Waals surface area contributed by atoms with E-state index in [1.165, 1.54) is 0 Å². The third-order valence-corrected chi connectivity index (χ3v) is 3.18. The van der Waals surface area contributed by atoms with Gasteiger partial charge in [-0.3, -0.25) is 0 Å². The molecule has 0 bridgehead atoms. The fourth-order valence-corrected chi connectivity index (χ4v) is 2.22. The lowest BCUT2D eigenvalue weighted by Gasteiger charge is -2.25. The second-order valence-electron chi connectivity index (χ2n) is 4.60. The number of nitrogens with zero attached hydrogens (tertiary/aromatic N) is 1. The molecule has 0 aliphatic carbocycles. The highest BCUT2D eigenvalue weighted by Gasteiger charge is 2.10. The third-order valence-electron chi connectivity index (χ3n) is 3.18. The third kappa shape index (κ3) is 3.36. The minimum atomic E-state index is 0. The van der Waals surface area contributed by atoms with Gasteiger partial charge in [0.1, 0.15) is 0 Å². The van der Waals surface area contributed by atoms with Crippen molar-refractivity contribution in [1.82, 2.24) is 0 Å². The number of hydrogen-bond acceptors (Lipinski definition) is 2. The minimum absolute atomic E-state index is 0. The largest absolute Gasteiger partial charge is 0.399 e. The van der Waals surface area contributed by atoms with E-state index in [0.717, 1.165) is 22.7 Å². The van der Waals surface area contributed by atoms with E-state index in [1.54, 1.807) is 0 Å². The number of rotatable bonds is 3. The highest BCUT2D eigenvalue weighted by Crippen LogP contribution is 2.34. The van der Waals surface area contributed by atoms with Crippen LogP contribution in [0.1, 0.15) is 0 Å². The maximum Gasteiger partial charge on any atom is 0.0463 e. The molecule has 0 atom stereocenters. The summed E-state index contributed by atoms with van der Waals surface area (Å²) in [5.41, 5.74) is 9.91. The molecule has 0 aliphatic rings. The van der Waals surface area contributed by atoms with Crippen molar-refractivity contribution in [1.29, 1.82) is 0 Å². The van der Waals surface area contributed by atoms with E-state index in [9.17, 15) is 0 Å². The fraction of sp³-hybridized carbons (Fsp3) is 0. The SMILES string of the molecule is Cl.Nc1ccc(N(c2ccccc2)c2ccccc2)cc1. The zero-order valence-corrected chi connectivity index (χ0v) is 12.3. The maximum absolute atomic E-state index is 5.79. The molecule has 2 N–H and O–H groups in total. The van der Waals surface area contributed by atoms with Gasteiger partial charge in [-0.2, -0.15) is 0 Å². The molecule has 106 valence electrons. The molecular formula is C18H17ClN2. The van der Waals surface area contributed by atoms with Gasteiger partial charge < -0.3 is 10.6 Å².